The van der Waals surface area contributed by atoms with Gasteiger partial charge in [-0.1, -0.05) is 6.07 Å². The first-order valence-corrected chi connectivity index (χ1v) is 12.2. The highest BCUT2D eigenvalue weighted by Crippen LogP contribution is 2.39. The molecule has 1 unspecified atom stereocenters. The van der Waals surface area contributed by atoms with Crippen molar-refractivity contribution in [1.82, 2.24) is 15.5 Å². The molecule has 9 heteroatoms. The molecule has 1 saturated heterocycles. The van der Waals surface area contributed by atoms with E-state index in [1.54, 1.807) is 7.11 Å². The first-order chi connectivity index (χ1) is 17.0. The van der Waals surface area contributed by atoms with Crippen LogP contribution in [0.2, 0.25) is 0 Å². The Labute approximate surface area is 205 Å². The third kappa shape index (κ3) is 5.14. The summed E-state index contributed by atoms with van der Waals surface area (Å²) >= 11 is 0. The Balaban J connectivity index is 1.19. The summed E-state index contributed by atoms with van der Waals surface area (Å²) in [6.45, 7) is 7.28. The second-order valence-corrected chi connectivity index (χ2v) is 9.43. The molecule has 3 heterocycles. The number of piperidine rings is 1. The number of likely N-dealkylation sites (tertiary alicyclic amines) is 1. The molecule has 186 valence electrons. The second-order valence-electron chi connectivity index (χ2n) is 9.43. The number of urea groups is 1. The summed E-state index contributed by atoms with van der Waals surface area (Å²) in [7, 11) is 1.65. The highest BCUT2D eigenvalue weighted by molar-refractivity contribution is 5.90. The Morgan fingerprint density at radius 2 is 2.00 bits per heavy atom. The lowest BCUT2D eigenvalue weighted by molar-refractivity contribution is 0.163. The molecule has 3 N–H and O–H groups in total. The number of ether oxygens (including phenoxy) is 3. The molecule has 2 aromatic carbocycles. The van der Waals surface area contributed by atoms with Crippen LogP contribution >= 0.6 is 0 Å². The quantitative estimate of drug-likeness (QED) is 0.601. The van der Waals surface area contributed by atoms with Crippen LogP contribution < -0.4 is 25.4 Å². The molecule has 1 fully saturated rings. The van der Waals surface area contributed by atoms with Gasteiger partial charge < -0.3 is 35.1 Å². The minimum Gasteiger partial charge on any atom is -0.496 e. The summed E-state index contributed by atoms with van der Waals surface area (Å²) in [5.74, 6) is 1.58. The average Bonchev–Trinajstić information content (AvgIpc) is 3.27. The van der Waals surface area contributed by atoms with Crippen LogP contribution in [0.4, 0.5) is 16.2 Å². The normalized spacial score (nSPS) is 19.7. The lowest BCUT2D eigenvalue weighted by Crippen LogP contribution is -2.47. The Hall–Kier alpha value is -3.46. The average molecular weight is 480 g/mol. The van der Waals surface area contributed by atoms with Gasteiger partial charge in [0.1, 0.15) is 24.7 Å². The van der Waals surface area contributed by atoms with Crippen LogP contribution in [0.15, 0.2) is 41.4 Å². The third-order valence-electron chi connectivity index (χ3n) is 6.82. The van der Waals surface area contributed by atoms with Crippen molar-refractivity contribution in [2.75, 3.05) is 32.1 Å². The van der Waals surface area contributed by atoms with Gasteiger partial charge in [-0.05, 0) is 57.0 Å². The summed E-state index contributed by atoms with van der Waals surface area (Å²) < 4.78 is 17.2. The van der Waals surface area contributed by atoms with Gasteiger partial charge in [-0.25, -0.2) is 4.79 Å². The van der Waals surface area contributed by atoms with Crippen molar-refractivity contribution in [3.63, 3.8) is 0 Å². The maximum atomic E-state index is 12.5. The van der Waals surface area contributed by atoms with E-state index in [4.69, 9.17) is 14.2 Å². The number of hydrogen-bond donors (Lipinski definition) is 3. The van der Waals surface area contributed by atoms with E-state index in [-0.39, 0.29) is 18.1 Å². The van der Waals surface area contributed by atoms with Crippen LogP contribution in [-0.4, -0.2) is 55.8 Å². The van der Waals surface area contributed by atoms with Crippen molar-refractivity contribution in [3.05, 3.63) is 47.5 Å². The molecule has 2 amide bonds. The van der Waals surface area contributed by atoms with Crippen LogP contribution in [0.5, 0.6) is 11.5 Å². The van der Waals surface area contributed by atoms with Crippen molar-refractivity contribution in [2.45, 2.75) is 51.4 Å². The monoisotopic (exact) mass is 479 g/mol. The third-order valence-corrected chi connectivity index (χ3v) is 6.82. The van der Waals surface area contributed by atoms with E-state index in [2.05, 4.69) is 39.7 Å². The molecule has 0 aliphatic carbocycles. The van der Waals surface area contributed by atoms with E-state index in [9.17, 15) is 4.79 Å². The number of aliphatic imine (C=N–C) groups is 1. The maximum Gasteiger partial charge on any atom is 0.319 e. The Morgan fingerprint density at radius 1 is 1.17 bits per heavy atom. The molecule has 0 bridgehead atoms. The van der Waals surface area contributed by atoms with Gasteiger partial charge in [0.2, 0.25) is 0 Å². The molecule has 5 rings (SSSR count). The van der Waals surface area contributed by atoms with E-state index >= 15 is 0 Å². The fourth-order valence-corrected chi connectivity index (χ4v) is 4.85. The number of fused-ring (bicyclic) bond motifs is 2. The Kier molecular flexibility index (Phi) is 6.68. The predicted octanol–water partition coefficient (Wildman–Crippen LogP) is 3.93. The number of hydrogen-bond acceptors (Lipinski definition) is 7. The van der Waals surface area contributed by atoms with E-state index in [1.807, 2.05) is 36.4 Å². The topological polar surface area (TPSA) is 96.5 Å². The number of carbonyl (C=O) groups excluding carboxylic acids is 1. The standard InChI is InChI=1S/C26H33N5O4/c1-16(2)31-11-9-18(10-12-31)27-25(32)28-19-7-8-20-17(13-19)14-35-26(29-20)30-21-15-34-23-6-4-5-22(33-3)24(21)23/h4-8,13,16,18,21H,9-12,14-15H2,1-3H3,(H,29,30)(H2,27,28,32). The first-order valence-electron chi connectivity index (χ1n) is 12.2. The van der Waals surface area contributed by atoms with E-state index < -0.39 is 0 Å². The largest absolute Gasteiger partial charge is 0.496 e. The van der Waals surface area contributed by atoms with Gasteiger partial charge in [0.05, 0.1) is 24.4 Å². The van der Waals surface area contributed by atoms with Crippen molar-refractivity contribution >= 4 is 23.4 Å². The van der Waals surface area contributed by atoms with E-state index in [1.165, 1.54) is 0 Å². The number of nitrogens with one attached hydrogen (secondary N) is 3. The van der Waals surface area contributed by atoms with Gasteiger partial charge >= 0.3 is 6.03 Å². The Bertz CT molecular complexity index is 1110. The summed E-state index contributed by atoms with van der Waals surface area (Å²) in [5.41, 5.74) is 3.41. The smallest absolute Gasteiger partial charge is 0.319 e. The zero-order valence-electron chi connectivity index (χ0n) is 20.5. The SMILES string of the molecule is COc1cccc2c1C(NC1=Nc3ccc(NC(=O)NC4CCN(C(C)C)CC4)cc3CO1)CO2. The number of anilines is 1. The summed E-state index contributed by atoms with van der Waals surface area (Å²) in [5, 5.41) is 9.39. The predicted molar refractivity (Wildman–Crippen MR) is 135 cm³/mol. The summed E-state index contributed by atoms with van der Waals surface area (Å²) in [6, 6.07) is 12.3. The van der Waals surface area contributed by atoms with Crippen LogP contribution in [0.25, 0.3) is 0 Å². The van der Waals surface area contributed by atoms with Crippen LogP contribution in [0.3, 0.4) is 0 Å². The van der Waals surface area contributed by atoms with E-state index in [0.717, 1.165) is 59.9 Å². The second kappa shape index (κ2) is 10.0. The van der Waals surface area contributed by atoms with Crippen molar-refractivity contribution in [1.29, 1.82) is 0 Å². The van der Waals surface area contributed by atoms with Crippen molar-refractivity contribution < 1.29 is 19.0 Å². The minimum absolute atomic E-state index is 0.113. The lowest BCUT2D eigenvalue weighted by atomic mass is 10.0. The molecule has 0 saturated carbocycles. The number of rotatable bonds is 5. The lowest BCUT2D eigenvalue weighted by Gasteiger charge is -2.34. The number of methoxy groups -OCH3 is 1. The number of carbonyl (C=O) groups is 1. The molecular formula is C26H33N5O4. The molecular weight excluding hydrogens is 446 g/mol. The Morgan fingerprint density at radius 3 is 2.77 bits per heavy atom. The van der Waals surface area contributed by atoms with Gasteiger partial charge in [0, 0.05) is 36.4 Å². The van der Waals surface area contributed by atoms with Gasteiger partial charge in [0.15, 0.2) is 0 Å². The molecule has 3 aliphatic rings. The molecule has 35 heavy (non-hydrogen) atoms. The molecule has 1 atom stereocenters. The highest BCUT2D eigenvalue weighted by atomic mass is 16.5. The highest BCUT2D eigenvalue weighted by Gasteiger charge is 2.30. The molecule has 2 aromatic rings. The zero-order chi connectivity index (χ0) is 24.4. The molecule has 3 aliphatic heterocycles. The van der Waals surface area contributed by atoms with Crippen molar-refractivity contribution in [3.8, 4) is 11.5 Å². The van der Waals surface area contributed by atoms with Gasteiger partial charge in [0.25, 0.3) is 6.02 Å². The van der Waals surface area contributed by atoms with Crippen LogP contribution in [-0.2, 0) is 11.3 Å². The van der Waals surface area contributed by atoms with Gasteiger partial charge in [-0.2, -0.15) is 4.99 Å². The fraction of sp³-hybridized carbons (Fsp3) is 0.462. The summed E-state index contributed by atoms with van der Waals surface area (Å²) in [4.78, 5) is 19.6. The molecule has 0 aromatic heterocycles. The number of benzene rings is 2. The van der Waals surface area contributed by atoms with Gasteiger partial charge in [-0.15, -0.1) is 0 Å². The maximum absolute atomic E-state index is 12.5. The summed E-state index contributed by atoms with van der Waals surface area (Å²) in [6.07, 6.45) is 1.94. The first kappa shape index (κ1) is 23.3. The number of nitrogens with zero attached hydrogens (tertiary/aromatic N) is 2. The van der Waals surface area contributed by atoms with Gasteiger partial charge in [-0.3, -0.25) is 0 Å². The van der Waals surface area contributed by atoms with Crippen LogP contribution in [0.1, 0.15) is 43.9 Å². The fourth-order valence-electron chi connectivity index (χ4n) is 4.85. The molecule has 0 radical (unpaired) electrons. The van der Waals surface area contributed by atoms with Crippen LogP contribution in [0, 0.1) is 0 Å². The molecule has 0 spiro atoms. The zero-order valence-corrected chi connectivity index (χ0v) is 20.5. The van der Waals surface area contributed by atoms with E-state index in [0.29, 0.717) is 25.3 Å². The molecule has 9 nitrogen and oxygen atoms in total. The number of amides is 2. The van der Waals surface area contributed by atoms with Crippen molar-refractivity contribution in [2.24, 2.45) is 4.99 Å². The minimum atomic E-state index is -0.177. The number of amidine groups is 1.